The van der Waals surface area contributed by atoms with Crippen LogP contribution < -0.4 is 0 Å². The molecule has 1 atom stereocenters. The largest absolute Gasteiger partial charge is 0.395 e. The summed E-state index contributed by atoms with van der Waals surface area (Å²) in [6, 6.07) is 13.4. The first-order valence-electron chi connectivity index (χ1n) is 9.31. The number of ether oxygens (including phenoxy) is 1. The summed E-state index contributed by atoms with van der Waals surface area (Å²) in [5.74, 6) is -1.71. The Balaban J connectivity index is 1.88. The molecule has 0 radical (unpaired) electrons. The third-order valence-electron chi connectivity index (χ3n) is 5.11. The number of aryl methyl sites for hydroxylation is 1. The van der Waals surface area contributed by atoms with Crippen LogP contribution in [0.5, 0.6) is 0 Å². The van der Waals surface area contributed by atoms with Crippen molar-refractivity contribution in [3.8, 4) is 0 Å². The summed E-state index contributed by atoms with van der Waals surface area (Å²) in [7, 11) is -3.95. The predicted octanol–water partition coefficient (Wildman–Crippen LogP) is 1.54. The normalized spacial score (nSPS) is 22.8. The van der Waals surface area contributed by atoms with E-state index in [1.54, 1.807) is 41.3 Å². The molecule has 1 saturated heterocycles. The second-order valence-corrected chi connectivity index (χ2v) is 8.65. The van der Waals surface area contributed by atoms with Crippen molar-refractivity contribution >= 4 is 15.7 Å². The van der Waals surface area contributed by atoms with Gasteiger partial charge in [-0.05, 0) is 25.1 Å². The van der Waals surface area contributed by atoms with Gasteiger partial charge in [-0.3, -0.25) is 0 Å². The number of sulfonamides is 1. The number of aliphatic hydroxyl groups is 2. The Morgan fingerprint density at radius 2 is 1.90 bits per heavy atom. The van der Waals surface area contributed by atoms with Crippen LogP contribution in [0.4, 0.5) is 0 Å². The molecule has 7 nitrogen and oxygen atoms in total. The third kappa shape index (κ3) is 3.49. The van der Waals surface area contributed by atoms with Gasteiger partial charge in [-0.1, -0.05) is 42.0 Å². The Hall–Kier alpha value is -2.52. The zero-order chi connectivity index (χ0) is 20.6. The van der Waals surface area contributed by atoms with Crippen LogP contribution in [0.15, 0.2) is 69.6 Å². The molecule has 1 heterocycles. The van der Waals surface area contributed by atoms with E-state index in [1.807, 2.05) is 6.92 Å². The Kier molecular flexibility index (Phi) is 5.04. The zero-order valence-corrected chi connectivity index (χ0v) is 16.8. The van der Waals surface area contributed by atoms with Crippen molar-refractivity contribution in [2.75, 3.05) is 26.3 Å². The maximum atomic E-state index is 12.9. The summed E-state index contributed by atoms with van der Waals surface area (Å²) in [5.41, 5.74) is 2.45. The van der Waals surface area contributed by atoms with E-state index in [1.165, 1.54) is 18.2 Å². The van der Waals surface area contributed by atoms with Crippen LogP contribution in [-0.2, 0) is 20.5 Å². The van der Waals surface area contributed by atoms with Crippen molar-refractivity contribution in [1.82, 2.24) is 4.90 Å². The van der Waals surface area contributed by atoms with Gasteiger partial charge in [0.15, 0.2) is 0 Å². The second kappa shape index (κ2) is 7.38. The van der Waals surface area contributed by atoms with E-state index in [2.05, 4.69) is 4.40 Å². The fourth-order valence-electron chi connectivity index (χ4n) is 3.65. The van der Waals surface area contributed by atoms with Crippen LogP contribution in [0.3, 0.4) is 0 Å². The van der Waals surface area contributed by atoms with E-state index in [4.69, 9.17) is 4.74 Å². The molecule has 1 unspecified atom stereocenters. The lowest BCUT2D eigenvalue weighted by Gasteiger charge is -2.45. The minimum Gasteiger partial charge on any atom is -0.395 e. The van der Waals surface area contributed by atoms with Gasteiger partial charge in [0, 0.05) is 24.2 Å². The Morgan fingerprint density at radius 1 is 1.17 bits per heavy atom. The molecule has 29 heavy (non-hydrogen) atoms. The lowest BCUT2D eigenvalue weighted by atomic mass is 9.86. The van der Waals surface area contributed by atoms with Crippen molar-refractivity contribution < 1.29 is 23.4 Å². The number of hydrogen-bond acceptors (Lipinski definition) is 6. The number of nitrogens with zero attached hydrogens (tertiary/aromatic N) is 2. The monoisotopic (exact) mass is 414 g/mol. The van der Waals surface area contributed by atoms with Crippen LogP contribution in [0, 0.1) is 6.92 Å². The maximum absolute atomic E-state index is 12.9. The van der Waals surface area contributed by atoms with Crippen molar-refractivity contribution in [3.63, 3.8) is 0 Å². The van der Waals surface area contributed by atoms with Crippen molar-refractivity contribution in [2.45, 2.75) is 17.6 Å². The first kappa shape index (κ1) is 19.8. The maximum Gasteiger partial charge on any atom is 0.282 e. The molecule has 4 rings (SSSR count). The van der Waals surface area contributed by atoms with Crippen molar-refractivity contribution in [3.05, 3.63) is 77.0 Å². The minimum absolute atomic E-state index is 0.0967. The molecule has 0 spiro atoms. The minimum atomic E-state index is -3.95. The third-order valence-corrected chi connectivity index (χ3v) is 6.41. The fraction of sp³-hybridized carbons (Fsp3) is 0.286. The van der Waals surface area contributed by atoms with Crippen molar-refractivity contribution in [1.29, 1.82) is 0 Å². The Morgan fingerprint density at radius 3 is 2.62 bits per heavy atom. The van der Waals surface area contributed by atoms with Crippen LogP contribution in [0.1, 0.15) is 16.7 Å². The molecule has 2 aromatic rings. The van der Waals surface area contributed by atoms with E-state index in [0.717, 1.165) is 5.56 Å². The van der Waals surface area contributed by atoms with E-state index >= 15 is 0 Å². The highest BCUT2D eigenvalue weighted by molar-refractivity contribution is 7.90. The van der Waals surface area contributed by atoms with Gasteiger partial charge < -0.3 is 19.8 Å². The zero-order valence-electron chi connectivity index (χ0n) is 15.9. The lowest BCUT2D eigenvalue weighted by Crippen LogP contribution is -2.50. The molecular weight excluding hydrogens is 392 g/mol. The van der Waals surface area contributed by atoms with E-state index in [-0.39, 0.29) is 30.4 Å². The molecule has 0 amide bonds. The number of aliphatic hydroxyl groups excluding tert-OH is 1. The second-order valence-electron chi connectivity index (χ2n) is 7.04. The highest BCUT2D eigenvalue weighted by Crippen LogP contribution is 2.41. The summed E-state index contributed by atoms with van der Waals surface area (Å²) >= 11 is 0. The van der Waals surface area contributed by atoms with E-state index < -0.39 is 15.8 Å². The molecule has 1 fully saturated rings. The molecule has 0 aromatic heterocycles. The number of hydrogen-bond donors (Lipinski definition) is 2. The molecule has 2 aromatic carbocycles. The predicted molar refractivity (Wildman–Crippen MR) is 108 cm³/mol. The Bertz CT molecular complexity index is 1090. The van der Waals surface area contributed by atoms with Crippen LogP contribution >= 0.6 is 0 Å². The molecule has 152 valence electrons. The van der Waals surface area contributed by atoms with E-state index in [9.17, 15) is 18.6 Å². The molecule has 2 N–H and O–H groups in total. The highest BCUT2D eigenvalue weighted by Gasteiger charge is 2.46. The quantitative estimate of drug-likeness (QED) is 0.787. The topological polar surface area (TPSA) is 99.4 Å². The van der Waals surface area contributed by atoms with Gasteiger partial charge in [-0.25, -0.2) is 0 Å². The Labute approximate surface area is 169 Å². The molecular formula is C21H22N2O5S. The average molecular weight is 414 g/mol. The number of rotatable bonds is 4. The molecule has 1 aliphatic heterocycles. The number of β-amino-alcohol motifs (C(OH)–C–C–N with tert-alkyl or cyclic N) is 1. The summed E-state index contributed by atoms with van der Waals surface area (Å²) in [6.45, 7) is 2.80. The number of benzene rings is 2. The van der Waals surface area contributed by atoms with Gasteiger partial charge in [0.1, 0.15) is 0 Å². The van der Waals surface area contributed by atoms with Crippen LogP contribution in [-0.4, -0.2) is 55.5 Å². The summed E-state index contributed by atoms with van der Waals surface area (Å²) in [5, 5.41) is 20.7. The SMILES string of the molecule is Cc1ccc(S(=O)(=O)N=C2C=C3N(CCO)CCOC3(O)c3ccccc32)cc1. The number of fused-ring (bicyclic) bond motifs is 3. The number of morpholine rings is 1. The first-order chi connectivity index (χ1) is 13.8. The molecule has 0 bridgehead atoms. The highest BCUT2D eigenvalue weighted by atomic mass is 32.2. The van der Waals surface area contributed by atoms with Crippen molar-refractivity contribution in [2.24, 2.45) is 4.40 Å². The van der Waals surface area contributed by atoms with Gasteiger partial charge in [0.25, 0.3) is 10.0 Å². The molecule has 1 aliphatic carbocycles. The fourth-order valence-corrected chi connectivity index (χ4v) is 4.64. The standard InChI is InChI=1S/C21H22N2O5S/c1-15-6-8-16(9-7-15)29(26,27)22-19-14-20-21(25,18-5-3-2-4-17(18)19)28-13-11-23(20)10-12-24/h2-9,14,24-25H,10-13H2,1H3. The molecule has 0 saturated carbocycles. The van der Waals surface area contributed by atoms with Crippen LogP contribution in [0.2, 0.25) is 0 Å². The van der Waals surface area contributed by atoms with Gasteiger partial charge in [0.05, 0.1) is 29.5 Å². The van der Waals surface area contributed by atoms with Crippen LogP contribution in [0.25, 0.3) is 0 Å². The average Bonchev–Trinajstić information content (AvgIpc) is 2.70. The lowest BCUT2D eigenvalue weighted by molar-refractivity contribution is -0.219. The van der Waals surface area contributed by atoms with Gasteiger partial charge in [0.2, 0.25) is 5.79 Å². The summed E-state index contributed by atoms with van der Waals surface area (Å²) in [6.07, 6.45) is 1.53. The first-order valence-corrected chi connectivity index (χ1v) is 10.7. The van der Waals surface area contributed by atoms with Gasteiger partial charge in [-0.15, -0.1) is 0 Å². The molecule has 2 aliphatic rings. The number of allylic oxidation sites excluding steroid dienone is 1. The van der Waals surface area contributed by atoms with Gasteiger partial charge >= 0.3 is 0 Å². The summed E-state index contributed by atoms with van der Waals surface area (Å²) in [4.78, 5) is 1.88. The van der Waals surface area contributed by atoms with Gasteiger partial charge in [-0.2, -0.15) is 12.8 Å². The van der Waals surface area contributed by atoms with E-state index in [0.29, 0.717) is 23.4 Å². The molecule has 8 heteroatoms. The smallest absolute Gasteiger partial charge is 0.282 e. The summed E-state index contributed by atoms with van der Waals surface area (Å²) < 4.78 is 35.6.